The normalized spacial score (nSPS) is 19.6. The van der Waals surface area contributed by atoms with Crippen molar-refractivity contribution in [3.8, 4) is 0 Å². The first-order valence-corrected chi connectivity index (χ1v) is 9.50. The van der Waals surface area contributed by atoms with E-state index >= 15 is 0 Å². The molecular weight excluding hydrogens is 316 g/mol. The molecule has 2 aliphatic heterocycles. The van der Waals surface area contributed by atoms with Crippen molar-refractivity contribution in [2.24, 2.45) is 0 Å². The summed E-state index contributed by atoms with van der Waals surface area (Å²) in [6.45, 7) is 6.12. The minimum Gasteiger partial charge on any atom is -0.395 e. The van der Waals surface area contributed by atoms with Crippen molar-refractivity contribution in [3.05, 3.63) is 24.3 Å². The first kappa shape index (κ1) is 18.0. The molecule has 0 aromatic heterocycles. The third kappa shape index (κ3) is 5.09. The molecule has 2 heterocycles. The largest absolute Gasteiger partial charge is 0.395 e. The van der Waals surface area contributed by atoms with Crippen molar-refractivity contribution in [3.63, 3.8) is 0 Å². The van der Waals surface area contributed by atoms with Crippen molar-refractivity contribution in [1.29, 1.82) is 0 Å². The molecule has 0 unspecified atom stereocenters. The molecule has 6 nitrogen and oxygen atoms in total. The lowest BCUT2D eigenvalue weighted by atomic mass is 10.2. The number of nitrogens with zero attached hydrogens (tertiary/aromatic N) is 3. The van der Waals surface area contributed by atoms with Gasteiger partial charge in [-0.2, -0.15) is 0 Å². The first-order chi connectivity index (χ1) is 12.3. The summed E-state index contributed by atoms with van der Waals surface area (Å²) >= 11 is 0. The molecule has 0 spiro atoms. The van der Waals surface area contributed by atoms with E-state index in [0.29, 0.717) is 19.6 Å². The molecule has 1 aromatic rings. The quantitative estimate of drug-likeness (QED) is 0.878. The molecule has 6 heteroatoms. The van der Waals surface area contributed by atoms with Gasteiger partial charge in [0.2, 0.25) is 0 Å². The van der Waals surface area contributed by atoms with Crippen LogP contribution in [0.5, 0.6) is 0 Å². The average Bonchev–Trinajstić information content (AvgIpc) is 2.92. The number of piperazine rings is 1. The summed E-state index contributed by atoms with van der Waals surface area (Å²) < 4.78 is 0. The van der Waals surface area contributed by atoms with E-state index in [9.17, 15) is 4.79 Å². The Hall–Kier alpha value is -1.79. The fraction of sp³-hybridized carbons (Fsp3) is 0.632. The number of benzene rings is 1. The second kappa shape index (κ2) is 9.06. The fourth-order valence-corrected chi connectivity index (χ4v) is 3.63. The van der Waals surface area contributed by atoms with Gasteiger partial charge in [-0.15, -0.1) is 0 Å². The van der Waals surface area contributed by atoms with Crippen molar-refractivity contribution in [2.45, 2.75) is 25.7 Å². The Morgan fingerprint density at radius 2 is 1.72 bits per heavy atom. The molecule has 25 heavy (non-hydrogen) atoms. The number of amides is 2. The molecule has 2 aliphatic rings. The molecule has 2 amide bonds. The number of rotatable bonds is 4. The van der Waals surface area contributed by atoms with Crippen LogP contribution in [0.3, 0.4) is 0 Å². The van der Waals surface area contributed by atoms with Gasteiger partial charge in [0.05, 0.1) is 6.61 Å². The van der Waals surface area contributed by atoms with Crippen LogP contribution >= 0.6 is 0 Å². The number of hydrogen-bond donors (Lipinski definition) is 2. The van der Waals surface area contributed by atoms with Gasteiger partial charge in [-0.1, -0.05) is 18.9 Å². The number of carbonyl (C=O) groups is 1. The summed E-state index contributed by atoms with van der Waals surface area (Å²) in [7, 11) is 0. The zero-order chi connectivity index (χ0) is 17.5. The predicted molar refractivity (Wildman–Crippen MR) is 101 cm³/mol. The minimum atomic E-state index is -0.0309. The molecule has 2 N–H and O–H groups in total. The Labute approximate surface area is 150 Å². The van der Waals surface area contributed by atoms with Crippen LogP contribution in [0.15, 0.2) is 24.3 Å². The molecule has 2 saturated heterocycles. The van der Waals surface area contributed by atoms with E-state index in [1.54, 1.807) is 0 Å². The highest BCUT2D eigenvalue weighted by Gasteiger charge is 2.21. The zero-order valence-corrected chi connectivity index (χ0v) is 15.0. The van der Waals surface area contributed by atoms with E-state index in [0.717, 1.165) is 31.9 Å². The van der Waals surface area contributed by atoms with E-state index in [1.165, 1.54) is 31.4 Å². The standard InChI is InChI=1S/C19H30N4O2/c24-15-14-21-10-12-23(13-11-21)19(25)20-17-6-5-7-18(16-17)22-8-3-1-2-4-9-22/h5-7,16,24H,1-4,8-15H2,(H,20,25). The Kier molecular flexibility index (Phi) is 6.53. The summed E-state index contributed by atoms with van der Waals surface area (Å²) in [6, 6.07) is 8.17. The maximum atomic E-state index is 12.5. The van der Waals surface area contributed by atoms with Gasteiger partial charge in [0.1, 0.15) is 0 Å². The molecule has 0 radical (unpaired) electrons. The number of aliphatic hydroxyl groups excluding tert-OH is 1. The monoisotopic (exact) mass is 346 g/mol. The summed E-state index contributed by atoms with van der Waals surface area (Å²) in [5.74, 6) is 0. The van der Waals surface area contributed by atoms with E-state index in [1.807, 2.05) is 17.0 Å². The molecule has 138 valence electrons. The number of urea groups is 1. The lowest BCUT2D eigenvalue weighted by Crippen LogP contribution is -2.50. The summed E-state index contributed by atoms with van der Waals surface area (Å²) in [5.41, 5.74) is 2.07. The molecule has 1 aromatic carbocycles. The molecule has 0 aliphatic carbocycles. The van der Waals surface area contributed by atoms with Crippen LogP contribution in [0.25, 0.3) is 0 Å². The number of carbonyl (C=O) groups excluding carboxylic acids is 1. The number of aliphatic hydroxyl groups is 1. The Morgan fingerprint density at radius 3 is 2.40 bits per heavy atom. The van der Waals surface area contributed by atoms with Crippen LogP contribution in [0.1, 0.15) is 25.7 Å². The SMILES string of the molecule is O=C(Nc1cccc(N2CCCCCC2)c1)N1CCN(CCO)CC1. The highest BCUT2D eigenvalue weighted by Crippen LogP contribution is 2.23. The van der Waals surface area contributed by atoms with Crippen LogP contribution in [-0.4, -0.2) is 73.4 Å². The van der Waals surface area contributed by atoms with Crippen LogP contribution < -0.4 is 10.2 Å². The predicted octanol–water partition coefficient (Wildman–Crippen LogP) is 2.21. The minimum absolute atomic E-state index is 0.0309. The number of anilines is 2. The van der Waals surface area contributed by atoms with Gasteiger partial charge in [-0.25, -0.2) is 4.79 Å². The summed E-state index contributed by atoms with van der Waals surface area (Å²) in [5, 5.41) is 12.0. The lowest BCUT2D eigenvalue weighted by molar-refractivity contribution is 0.127. The Balaban J connectivity index is 1.55. The van der Waals surface area contributed by atoms with Gasteiger partial charge < -0.3 is 20.2 Å². The van der Waals surface area contributed by atoms with E-state index in [-0.39, 0.29) is 12.6 Å². The van der Waals surface area contributed by atoms with Gasteiger partial charge in [0.25, 0.3) is 0 Å². The molecule has 0 bridgehead atoms. The average molecular weight is 346 g/mol. The highest BCUT2D eigenvalue weighted by molar-refractivity contribution is 5.90. The van der Waals surface area contributed by atoms with Crippen LogP contribution in [0.4, 0.5) is 16.2 Å². The first-order valence-electron chi connectivity index (χ1n) is 9.50. The summed E-state index contributed by atoms with van der Waals surface area (Å²) in [4.78, 5) is 19.0. The smallest absolute Gasteiger partial charge is 0.321 e. The Morgan fingerprint density at radius 1 is 1.00 bits per heavy atom. The number of nitrogens with one attached hydrogen (secondary N) is 1. The van der Waals surface area contributed by atoms with E-state index < -0.39 is 0 Å². The van der Waals surface area contributed by atoms with Gasteiger partial charge in [0, 0.05) is 57.2 Å². The van der Waals surface area contributed by atoms with E-state index in [4.69, 9.17) is 5.11 Å². The zero-order valence-electron chi connectivity index (χ0n) is 15.0. The maximum absolute atomic E-state index is 12.5. The third-order valence-corrected chi connectivity index (χ3v) is 5.14. The second-order valence-electron chi connectivity index (χ2n) is 6.93. The highest BCUT2D eigenvalue weighted by atomic mass is 16.3. The van der Waals surface area contributed by atoms with Crippen LogP contribution in [0, 0.1) is 0 Å². The van der Waals surface area contributed by atoms with Crippen LogP contribution in [-0.2, 0) is 0 Å². The molecule has 2 fully saturated rings. The summed E-state index contributed by atoms with van der Waals surface area (Å²) in [6.07, 6.45) is 5.12. The molecule has 0 atom stereocenters. The lowest BCUT2D eigenvalue weighted by Gasteiger charge is -2.34. The van der Waals surface area contributed by atoms with Crippen molar-refractivity contribution in [2.75, 3.05) is 62.6 Å². The van der Waals surface area contributed by atoms with Crippen LogP contribution in [0.2, 0.25) is 0 Å². The Bertz CT molecular complexity index is 550. The molecule has 0 saturated carbocycles. The van der Waals surface area contributed by atoms with E-state index in [2.05, 4.69) is 27.2 Å². The van der Waals surface area contributed by atoms with Gasteiger partial charge in [-0.05, 0) is 31.0 Å². The third-order valence-electron chi connectivity index (χ3n) is 5.14. The number of hydrogen-bond acceptors (Lipinski definition) is 4. The maximum Gasteiger partial charge on any atom is 0.321 e. The van der Waals surface area contributed by atoms with Gasteiger partial charge in [-0.3, -0.25) is 4.90 Å². The molecule has 3 rings (SSSR count). The molecular formula is C19H30N4O2. The second-order valence-corrected chi connectivity index (χ2v) is 6.93. The number of β-amino-alcohol motifs (C(OH)–C–C–N with tert-alkyl or cyclic N) is 1. The fourth-order valence-electron chi connectivity index (χ4n) is 3.63. The van der Waals surface area contributed by atoms with Gasteiger partial charge >= 0.3 is 6.03 Å². The van der Waals surface area contributed by atoms with Crippen molar-refractivity contribution < 1.29 is 9.90 Å². The van der Waals surface area contributed by atoms with Gasteiger partial charge in [0.15, 0.2) is 0 Å². The van der Waals surface area contributed by atoms with Crippen molar-refractivity contribution >= 4 is 17.4 Å². The van der Waals surface area contributed by atoms with Crippen molar-refractivity contribution in [1.82, 2.24) is 9.80 Å². The topological polar surface area (TPSA) is 59.1 Å².